The highest BCUT2D eigenvalue weighted by Gasteiger charge is 2.24. The SMILES string of the molecule is c1ccc(-n2c3ccccc3c3ccc(-c4ccc(-c5cc6c(c7ccccc7n6-c6ccccc6)c6c5c5ccccc5n6-c5ccccc5)cc4)cc32)cc1. The van der Waals surface area contributed by atoms with Crippen molar-refractivity contribution in [1.29, 1.82) is 0 Å². The summed E-state index contributed by atoms with van der Waals surface area (Å²) in [5, 5.41) is 7.53. The molecule has 0 spiro atoms. The van der Waals surface area contributed by atoms with Crippen LogP contribution < -0.4 is 0 Å². The molecule has 3 heteroatoms. The van der Waals surface area contributed by atoms with Gasteiger partial charge in [0.15, 0.2) is 0 Å². The highest BCUT2D eigenvalue weighted by molar-refractivity contribution is 6.30. The zero-order chi connectivity index (χ0) is 37.5. The number of hydrogen-bond acceptors (Lipinski definition) is 0. The lowest BCUT2D eigenvalue weighted by Gasteiger charge is -2.13. The summed E-state index contributed by atoms with van der Waals surface area (Å²) in [6.45, 7) is 0. The third kappa shape index (κ3) is 4.73. The molecule has 0 saturated heterocycles. The van der Waals surface area contributed by atoms with E-state index in [0.717, 1.165) is 17.1 Å². The molecule has 3 nitrogen and oxygen atoms in total. The molecule has 266 valence electrons. The van der Waals surface area contributed by atoms with Crippen molar-refractivity contribution in [2.45, 2.75) is 0 Å². The van der Waals surface area contributed by atoms with Crippen molar-refractivity contribution in [3.05, 3.63) is 212 Å². The third-order valence-electron chi connectivity index (χ3n) is 11.8. The number of para-hydroxylation sites is 6. The van der Waals surface area contributed by atoms with Gasteiger partial charge in [-0.3, -0.25) is 0 Å². The number of rotatable bonds is 5. The van der Waals surface area contributed by atoms with Gasteiger partial charge in [-0.2, -0.15) is 0 Å². The Hall–Kier alpha value is -7.62. The molecule has 0 aliphatic rings. The molecule has 3 aromatic heterocycles. The first kappa shape index (κ1) is 31.7. The number of nitrogens with zero attached hydrogens (tertiary/aromatic N) is 3. The van der Waals surface area contributed by atoms with Crippen LogP contribution in [0.2, 0.25) is 0 Å². The Morgan fingerprint density at radius 1 is 0.246 bits per heavy atom. The molecule has 0 radical (unpaired) electrons. The zero-order valence-corrected chi connectivity index (χ0v) is 31.0. The molecule has 0 saturated carbocycles. The second-order valence-corrected chi connectivity index (χ2v) is 14.9. The second kappa shape index (κ2) is 12.5. The largest absolute Gasteiger partial charge is 0.309 e. The molecule has 12 rings (SSSR count). The second-order valence-electron chi connectivity index (χ2n) is 14.9. The van der Waals surface area contributed by atoms with Crippen LogP contribution in [0, 0.1) is 0 Å². The molecular formula is C54H35N3. The van der Waals surface area contributed by atoms with Crippen LogP contribution in [0.4, 0.5) is 0 Å². The first-order valence-electron chi connectivity index (χ1n) is 19.6. The standard InChI is InChI=1S/C54H35N3/c1-4-16-39(17-5-1)55-47-25-13-10-22-42(47)43-33-32-38(34-50(43)55)36-28-30-37(31-29-36)46-35-51-53(45-24-12-14-26-48(45)56(51)40-18-6-2-7-19-40)54-52(46)44-23-11-15-27-49(44)57(54)41-20-8-3-9-21-41/h1-35H. The van der Waals surface area contributed by atoms with Crippen molar-refractivity contribution in [2.75, 3.05) is 0 Å². The van der Waals surface area contributed by atoms with Crippen LogP contribution in [0.25, 0.3) is 105 Å². The predicted octanol–water partition coefficient (Wildman–Crippen LogP) is 14.3. The number of hydrogen-bond donors (Lipinski definition) is 0. The van der Waals surface area contributed by atoms with Gasteiger partial charge in [-0.1, -0.05) is 146 Å². The van der Waals surface area contributed by atoms with Gasteiger partial charge in [-0.05, 0) is 89.0 Å². The molecule has 9 aromatic carbocycles. The van der Waals surface area contributed by atoms with E-state index in [0.29, 0.717) is 0 Å². The van der Waals surface area contributed by atoms with Gasteiger partial charge in [0.25, 0.3) is 0 Å². The molecule has 57 heavy (non-hydrogen) atoms. The van der Waals surface area contributed by atoms with Gasteiger partial charge in [-0.15, -0.1) is 0 Å². The van der Waals surface area contributed by atoms with Gasteiger partial charge < -0.3 is 13.7 Å². The lowest BCUT2D eigenvalue weighted by molar-refractivity contribution is 1.17. The van der Waals surface area contributed by atoms with Crippen LogP contribution in [0.15, 0.2) is 212 Å². The molecule has 0 unspecified atom stereocenters. The fourth-order valence-electron chi connectivity index (χ4n) is 9.38. The van der Waals surface area contributed by atoms with Gasteiger partial charge in [-0.25, -0.2) is 0 Å². The van der Waals surface area contributed by atoms with Crippen LogP contribution in [0.3, 0.4) is 0 Å². The summed E-state index contributed by atoms with van der Waals surface area (Å²) in [5.41, 5.74) is 15.5. The van der Waals surface area contributed by atoms with Gasteiger partial charge in [0.2, 0.25) is 0 Å². The highest BCUT2D eigenvalue weighted by atomic mass is 15.0. The van der Waals surface area contributed by atoms with Crippen molar-refractivity contribution in [3.63, 3.8) is 0 Å². The van der Waals surface area contributed by atoms with Crippen LogP contribution in [0.5, 0.6) is 0 Å². The average molecular weight is 726 g/mol. The van der Waals surface area contributed by atoms with Crippen molar-refractivity contribution < 1.29 is 0 Å². The van der Waals surface area contributed by atoms with Crippen molar-refractivity contribution in [2.24, 2.45) is 0 Å². The zero-order valence-electron chi connectivity index (χ0n) is 31.0. The van der Waals surface area contributed by atoms with E-state index in [4.69, 9.17) is 0 Å². The maximum atomic E-state index is 2.48. The molecule has 0 amide bonds. The molecule has 3 heterocycles. The van der Waals surface area contributed by atoms with E-state index in [-0.39, 0.29) is 0 Å². The Kier molecular flexibility index (Phi) is 6.93. The minimum atomic E-state index is 1.15. The van der Waals surface area contributed by atoms with Crippen molar-refractivity contribution in [1.82, 2.24) is 13.7 Å². The minimum absolute atomic E-state index is 1.15. The lowest BCUT2D eigenvalue weighted by Crippen LogP contribution is -1.96. The van der Waals surface area contributed by atoms with Crippen molar-refractivity contribution in [3.8, 4) is 39.3 Å². The van der Waals surface area contributed by atoms with Gasteiger partial charge in [0.1, 0.15) is 0 Å². The van der Waals surface area contributed by atoms with E-state index < -0.39 is 0 Å². The summed E-state index contributed by atoms with van der Waals surface area (Å²) in [6.07, 6.45) is 0. The molecule has 0 atom stereocenters. The van der Waals surface area contributed by atoms with Gasteiger partial charge in [0, 0.05) is 49.4 Å². The monoisotopic (exact) mass is 725 g/mol. The first-order chi connectivity index (χ1) is 28.3. The van der Waals surface area contributed by atoms with Crippen LogP contribution in [-0.4, -0.2) is 13.7 Å². The number of benzene rings is 9. The summed E-state index contributed by atoms with van der Waals surface area (Å²) < 4.78 is 7.31. The van der Waals surface area contributed by atoms with E-state index in [9.17, 15) is 0 Å². The summed E-state index contributed by atoms with van der Waals surface area (Å²) in [7, 11) is 0. The Morgan fingerprint density at radius 2 is 0.667 bits per heavy atom. The van der Waals surface area contributed by atoms with Crippen LogP contribution in [-0.2, 0) is 0 Å². The Labute approximate surface area is 329 Å². The molecular weight excluding hydrogens is 691 g/mol. The molecule has 0 aliphatic heterocycles. The fraction of sp³-hybridized carbons (Fsp3) is 0. The predicted molar refractivity (Wildman–Crippen MR) is 240 cm³/mol. The third-order valence-corrected chi connectivity index (χ3v) is 11.8. The number of aromatic nitrogens is 3. The summed E-state index contributed by atoms with van der Waals surface area (Å²) in [6, 6.07) is 77.3. The Balaban J connectivity index is 1.12. The molecule has 0 aliphatic carbocycles. The fourth-order valence-corrected chi connectivity index (χ4v) is 9.38. The molecule has 0 N–H and O–H groups in total. The smallest absolute Gasteiger partial charge is 0.0647 e. The summed E-state index contributed by atoms with van der Waals surface area (Å²) in [4.78, 5) is 0. The summed E-state index contributed by atoms with van der Waals surface area (Å²) in [5.74, 6) is 0. The van der Waals surface area contributed by atoms with Gasteiger partial charge >= 0.3 is 0 Å². The van der Waals surface area contributed by atoms with Crippen LogP contribution >= 0.6 is 0 Å². The van der Waals surface area contributed by atoms with E-state index in [1.807, 2.05) is 0 Å². The molecule has 12 aromatic rings. The van der Waals surface area contributed by atoms with E-state index in [1.54, 1.807) is 0 Å². The topological polar surface area (TPSA) is 14.8 Å². The molecule has 0 fully saturated rings. The number of fused-ring (bicyclic) bond motifs is 10. The Bertz CT molecular complexity index is 3480. The quantitative estimate of drug-likeness (QED) is 0.168. The van der Waals surface area contributed by atoms with E-state index in [1.165, 1.54) is 87.7 Å². The average Bonchev–Trinajstić information content (AvgIpc) is 3.93. The van der Waals surface area contributed by atoms with E-state index in [2.05, 4.69) is 226 Å². The maximum absolute atomic E-state index is 2.48. The van der Waals surface area contributed by atoms with Crippen molar-refractivity contribution >= 4 is 65.4 Å². The first-order valence-corrected chi connectivity index (χ1v) is 19.6. The van der Waals surface area contributed by atoms with Crippen LogP contribution in [0.1, 0.15) is 0 Å². The van der Waals surface area contributed by atoms with E-state index >= 15 is 0 Å². The molecule has 0 bridgehead atoms. The maximum Gasteiger partial charge on any atom is 0.0647 e. The highest BCUT2D eigenvalue weighted by Crippen LogP contribution is 2.46. The Morgan fingerprint density at radius 3 is 1.28 bits per heavy atom. The summed E-state index contributed by atoms with van der Waals surface area (Å²) >= 11 is 0. The van der Waals surface area contributed by atoms with Gasteiger partial charge in [0.05, 0.1) is 33.1 Å². The normalized spacial score (nSPS) is 11.9. The lowest BCUT2D eigenvalue weighted by atomic mass is 9.95. The minimum Gasteiger partial charge on any atom is -0.309 e.